The fraction of sp³-hybridized carbons (Fsp3) is 0.419. The van der Waals surface area contributed by atoms with Gasteiger partial charge in [-0.25, -0.2) is 4.79 Å². The normalized spacial score (nSPS) is 24.7. The number of carbonyl (C=O) groups is 3. The molecule has 0 spiro atoms. The number of aromatic hydroxyl groups is 1. The molecule has 2 fully saturated rings. The van der Waals surface area contributed by atoms with Gasteiger partial charge in [-0.3, -0.25) is 14.6 Å². The molecule has 204 valence electrons. The number of fused-ring (bicyclic) bond motifs is 3. The first-order valence-corrected chi connectivity index (χ1v) is 13.5. The van der Waals surface area contributed by atoms with Gasteiger partial charge in [-0.15, -0.1) is 0 Å². The second kappa shape index (κ2) is 10.8. The molecule has 39 heavy (non-hydrogen) atoms. The maximum absolute atomic E-state index is 13.2. The summed E-state index contributed by atoms with van der Waals surface area (Å²) in [6.07, 6.45) is 5.36. The maximum atomic E-state index is 13.2. The van der Waals surface area contributed by atoms with Crippen molar-refractivity contribution >= 4 is 29.6 Å². The Balaban J connectivity index is 1.43. The molecule has 8 nitrogen and oxygen atoms in total. The fourth-order valence-corrected chi connectivity index (χ4v) is 6.47. The minimum absolute atomic E-state index is 0.184. The fourth-order valence-electron chi connectivity index (χ4n) is 6.47. The van der Waals surface area contributed by atoms with Crippen molar-refractivity contribution in [2.24, 2.45) is 17.8 Å². The lowest BCUT2D eigenvalue weighted by Gasteiger charge is -2.31. The molecule has 8 heteroatoms. The van der Waals surface area contributed by atoms with E-state index >= 15 is 0 Å². The number of phenols is 1. The molecule has 3 aliphatic rings. The largest absolute Gasteiger partial charge is 0.507 e. The van der Waals surface area contributed by atoms with E-state index in [1.807, 2.05) is 44.2 Å². The van der Waals surface area contributed by atoms with Gasteiger partial charge in [-0.2, -0.15) is 4.90 Å². The highest BCUT2D eigenvalue weighted by Crippen LogP contribution is 2.50. The second-order valence-electron chi connectivity index (χ2n) is 10.6. The highest BCUT2D eigenvalue weighted by atomic mass is 16.5. The van der Waals surface area contributed by atoms with Gasteiger partial charge in [0, 0.05) is 12.1 Å². The first-order chi connectivity index (χ1) is 18.7. The molecule has 0 saturated carbocycles. The van der Waals surface area contributed by atoms with Crippen LogP contribution in [0.25, 0.3) is 11.6 Å². The van der Waals surface area contributed by atoms with Crippen molar-refractivity contribution in [3.8, 4) is 5.75 Å². The molecule has 2 saturated heterocycles. The summed E-state index contributed by atoms with van der Waals surface area (Å²) in [6, 6.07) is 9.75. The van der Waals surface area contributed by atoms with E-state index in [9.17, 15) is 19.5 Å². The highest BCUT2D eigenvalue weighted by molar-refractivity contribution is 6.16. The molecule has 3 amide bonds. The molecule has 0 bridgehead atoms. The summed E-state index contributed by atoms with van der Waals surface area (Å²) >= 11 is 0. The number of hydrogen-bond acceptors (Lipinski definition) is 7. The first-order valence-electron chi connectivity index (χ1n) is 13.5. The van der Waals surface area contributed by atoms with Crippen molar-refractivity contribution in [2.45, 2.75) is 52.6 Å². The van der Waals surface area contributed by atoms with Gasteiger partial charge in [0.1, 0.15) is 5.75 Å². The van der Waals surface area contributed by atoms with E-state index in [4.69, 9.17) is 9.47 Å². The Morgan fingerprint density at radius 2 is 1.92 bits per heavy atom. The Labute approximate surface area is 228 Å². The van der Waals surface area contributed by atoms with E-state index in [0.717, 1.165) is 45.5 Å². The highest BCUT2D eigenvalue weighted by Gasteiger charge is 2.58. The van der Waals surface area contributed by atoms with Gasteiger partial charge in [0.15, 0.2) is 0 Å². The summed E-state index contributed by atoms with van der Waals surface area (Å²) in [5, 5.41) is 10.2. The van der Waals surface area contributed by atoms with Crippen molar-refractivity contribution in [3.05, 3.63) is 70.1 Å². The number of methoxy groups -OCH3 is 1. The Morgan fingerprint density at radius 1 is 1.18 bits per heavy atom. The summed E-state index contributed by atoms with van der Waals surface area (Å²) in [6.45, 7) is 6.18. The standard InChI is InChI=1S/C31H34N2O6/c1-5-20-15-22-27(30(36)33(29(22)35)31(37)38-4)23-16-39-25(26(20)23)10-9-21(24-8-6-7-11-32-24)14-19-12-17(2)28(34)18(3)13-19/h6-8,11-14,22-23,25,27,34H,5,9-10,15-16H2,1-4H3/b21-14-/t22-,23+,25-,27-/m1/s1. The third-order valence-corrected chi connectivity index (χ3v) is 8.32. The molecule has 0 radical (unpaired) electrons. The van der Waals surface area contributed by atoms with Crippen LogP contribution in [0, 0.1) is 31.6 Å². The zero-order chi connectivity index (χ0) is 27.8. The van der Waals surface area contributed by atoms with Gasteiger partial charge in [0.05, 0.1) is 37.4 Å². The molecule has 0 unspecified atom stereocenters. The minimum Gasteiger partial charge on any atom is -0.507 e. The summed E-state index contributed by atoms with van der Waals surface area (Å²) in [4.78, 5) is 43.7. The van der Waals surface area contributed by atoms with Crippen molar-refractivity contribution in [1.82, 2.24) is 9.88 Å². The molecule has 4 atom stereocenters. The third kappa shape index (κ3) is 4.78. The van der Waals surface area contributed by atoms with Gasteiger partial charge in [-0.1, -0.05) is 18.6 Å². The van der Waals surface area contributed by atoms with E-state index in [1.54, 1.807) is 6.20 Å². The Morgan fingerprint density at radius 3 is 2.56 bits per heavy atom. The summed E-state index contributed by atoms with van der Waals surface area (Å²) in [5.41, 5.74) is 6.79. The number of aryl methyl sites for hydroxylation is 2. The van der Waals surface area contributed by atoms with Crippen LogP contribution in [0.2, 0.25) is 0 Å². The molecule has 1 N–H and O–H groups in total. The number of allylic oxidation sites excluding steroid dienone is 2. The number of amides is 3. The van der Waals surface area contributed by atoms with E-state index in [-0.39, 0.29) is 12.0 Å². The van der Waals surface area contributed by atoms with Gasteiger partial charge < -0.3 is 14.6 Å². The third-order valence-electron chi connectivity index (χ3n) is 8.32. The van der Waals surface area contributed by atoms with Gasteiger partial charge in [-0.05, 0) is 97.7 Å². The zero-order valence-corrected chi connectivity index (χ0v) is 22.8. The Kier molecular flexibility index (Phi) is 7.40. The molecule has 3 heterocycles. The molecular formula is C31H34N2O6. The van der Waals surface area contributed by atoms with E-state index in [2.05, 4.69) is 18.0 Å². The van der Waals surface area contributed by atoms with E-state index in [0.29, 0.717) is 36.5 Å². The average Bonchev–Trinajstić information content (AvgIpc) is 3.47. The molecule has 2 aliphatic heterocycles. The lowest BCUT2D eigenvalue weighted by atomic mass is 9.69. The van der Waals surface area contributed by atoms with Crippen LogP contribution in [0.5, 0.6) is 5.75 Å². The van der Waals surface area contributed by atoms with Crippen LogP contribution in [0.1, 0.15) is 55.0 Å². The first kappa shape index (κ1) is 26.8. The molecule has 2 aromatic rings. The van der Waals surface area contributed by atoms with Crippen LogP contribution in [0.15, 0.2) is 47.7 Å². The maximum Gasteiger partial charge on any atom is 0.423 e. The van der Waals surface area contributed by atoms with Crippen molar-refractivity contribution in [1.29, 1.82) is 0 Å². The number of phenolic OH excluding ortho intramolecular Hbond substituents is 1. The quantitative estimate of drug-likeness (QED) is 0.403. The van der Waals surface area contributed by atoms with Crippen LogP contribution >= 0.6 is 0 Å². The lowest BCUT2D eigenvalue weighted by Crippen LogP contribution is -2.38. The minimum atomic E-state index is -0.917. The van der Waals surface area contributed by atoms with Gasteiger partial charge in [0.2, 0.25) is 11.8 Å². The number of rotatable bonds is 6. The van der Waals surface area contributed by atoms with Gasteiger partial charge >= 0.3 is 6.09 Å². The monoisotopic (exact) mass is 530 g/mol. The number of likely N-dealkylation sites (tertiary alicyclic amines) is 1. The van der Waals surface area contributed by atoms with Gasteiger partial charge in [0.25, 0.3) is 0 Å². The average molecular weight is 531 g/mol. The molecular weight excluding hydrogens is 496 g/mol. The number of hydrogen-bond donors (Lipinski definition) is 1. The van der Waals surface area contributed by atoms with Crippen LogP contribution in [0.3, 0.4) is 0 Å². The Hall–Kier alpha value is -3.78. The van der Waals surface area contributed by atoms with Crippen LogP contribution in [-0.2, 0) is 19.1 Å². The van der Waals surface area contributed by atoms with Crippen LogP contribution in [-0.4, -0.2) is 52.7 Å². The SMILES string of the molecule is CCC1=C2[C@@H](CC/C(=C/c3cc(C)c(O)c(C)c3)c3ccccn3)OC[C@@H]2[C@@H]2C(=O)N(C(=O)OC)C(=O)[C@@H]2C1. The topological polar surface area (TPSA) is 106 Å². The number of aromatic nitrogens is 1. The second-order valence-corrected chi connectivity index (χ2v) is 10.6. The van der Waals surface area contributed by atoms with Crippen molar-refractivity contribution in [2.75, 3.05) is 13.7 Å². The van der Waals surface area contributed by atoms with Crippen LogP contribution < -0.4 is 0 Å². The van der Waals surface area contributed by atoms with Crippen molar-refractivity contribution in [3.63, 3.8) is 0 Å². The number of nitrogens with zero attached hydrogens (tertiary/aromatic N) is 2. The molecule has 1 aromatic carbocycles. The number of carbonyl (C=O) groups excluding carboxylic acids is 3. The number of imide groups is 3. The van der Waals surface area contributed by atoms with E-state index in [1.165, 1.54) is 7.11 Å². The van der Waals surface area contributed by atoms with E-state index < -0.39 is 29.7 Å². The van der Waals surface area contributed by atoms with Crippen molar-refractivity contribution < 1.29 is 29.0 Å². The zero-order valence-electron chi connectivity index (χ0n) is 22.8. The number of benzene rings is 1. The summed E-state index contributed by atoms with van der Waals surface area (Å²) < 4.78 is 11.0. The molecule has 1 aromatic heterocycles. The number of pyridine rings is 1. The summed E-state index contributed by atoms with van der Waals surface area (Å²) in [5.74, 6) is -2.01. The lowest BCUT2D eigenvalue weighted by molar-refractivity contribution is -0.137. The number of ether oxygens (including phenoxy) is 2. The predicted molar refractivity (Wildman–Crippen MR) is 145 cm³/mol. The summed E-state index contributed by atoms with van der Waals surface area (Å²) in [7, 11) is 1.17. The predicted octanol–water partition coefficient (Wildman–Crippen LogP) is 5.22. The molecule has 5 rings (SSSR count). The molecule has 1 aliphatic carbocycles. The smallest absolute Gasteiger partial charge is 0.423 e. The Bertz CT molecular complexity index is 1360. The van der Waals surface area contributed by atoms with Crippen LogP contribution in [0.4, 0.5) is 4.79 Å².